The zero-order valence-electron chi connectivity index (χ0n) is 20.8. The van der Waals surface area contributed by atoms with Gasteiger partial charge in [0.15, 0.2) is 24.7 Å². The molecule has 12 heteroatoms. The van der Waals surface area contributed by atoms with Crippen LogP contribution in [0.2, 0.25) is 0 Å². The number of hydrogen-bond acceptors (Lipinski definition) is 5. The molecule has 0 aliphatic carbocycles. The van der Waals surface area contributed by atoms with Crippen LogP contribution >= 0.6 is 0 Å². The molecule has 0 amide bonds. The van der Waals surface area contributed by atoms with Gasteiger partial charge in [0.1, 0.15) is 17.2 Å². The molecule has 10 nitrogen and oxygen atoms in total. The van der Waals surface area contributed by atoms with Crippen LogP contribution in [0.3, 0.4) is 0 Å². The monoisotopic (exact) mass is 531 g/mol. The molecule has 0 spiro atoms. The number of hydrogen-bond donors (Lipinski definition) is 3. The highest BCUT2D eigenvalue weighted by atomic mass is 32.2. The van der Waals surface area contributed by atoms with E-state index in [1.165, 1.54) is 12.1 Å². The zero-order chi connectivity index (χ0) is 26.6. The van der Waals surface area contributed by atoms with E-state index in [-0.39, 0.29) is 6.54 Å². The van der Waals surface area contributed by atoms with Gasteiger partial charge in [0.25, 0.3) is 0 Å². The van der Waals surface area contributed by atoms with E-state index < -0.39 is 15.8 Å². The predicted molar refractivity (Wildman–Crippen MR) is 142 cm³/mol. The van der Waals surface area contributed by atoms with Crippen molar-refractivity contribution in [2.24, 2.45) is 14.1 Å². The maximum absolute atomic E-state index is 14.5. The molecule has 0 unspecified atom stereocenters. The largest absolute Gasteiger partial charge is 0.335 e. The number of aromatic amines is 2. The Morgan fingerprint density at radius 3 is 2.71 bits per heavy atom. The molecule has 0 aliphatic rings. The molecule has 2 aromatic carbocycles. The first-order valence-electron chi connectivity index (χ1n) is 11.8. The Morgan fingerprint density at radius 2 is 1.95 bits per heavy atom. The molecule has 6 rings (SSSR count). The first-order valence-corrected chi connectivity index (χ1v) is 13.6. The number of pyridine rings is 1. The van der Waals surface area contributed by atoms with Crippen LogP contribution in [0.1, 0.15) is 5.56 Å². The van der Waals surface area contributed by atoms with Crippen molar-refractivity contribution in [2.45, 2.75) is 6.54 Å². The van der Waals surface area contributed by atoms with E-state index in [9.17, 15) is 12.8 Å². The second-order valence-corrected chi connectivity index (χ2v) is 11.0. The molecule has 0 saturated heterocycles. The molecule has 192 valence electrons. The molecule has 0 radical (unpaired) electrons. The van der Waals surface area contributed by atoms with E-state index in [0.717, 1.165) is 28.4 Å². The molecule has 6 aromatic rings. The highest BCUT2D eigenvalue weighted by Gasteiger charge is 2.18. The fraction of sp³-hybridized carbons (Fsp3) is 0.154. The van der Waals surface area contributed by atoms with Gasteiger partial charge in [-0.3, -0.25) is 5.10 Å². The molecule has 0 bridgehead atoms. The summed E-state index contributed by atoms with van der Waals surface area (Å²) in [5.74, 6) is 0.0496. The van der Waals surface area contributed by atoms with Gasteiger partial charge < -0.3 is 4.98 Å². The minimum Gasteiger partial charge on any atom is -0.335 e. The van der Waals surface area contributed by atoms with E-state index in [1.807, 2.05) is 37.1 Å². The fourth-order valence-electron chi connectivity index (χ4n) is 4.58. The quantitative estimate of drug-likeness (QED) is 0.285. The van der Waals surface area contributed by atoms with E-state index in [1.54, 1.807) is 18.3 Å². The number of aromatic nitrogens is 7. The van der Waals surface area contributed by atoms with E-state index in [0.29, 0.717) is 39.4 Å². The van der Waals surface area contributed by atoms with E-state index >= 15 is 0 Å². The van der Waals surface area contributed by atoms with Crippen molar-refractivity contribution in [3.63, 3.8) is 0 Å². The summed E-state index contributed by atoms with van der Waals surface area (Å²) >= 11 is 0. The average Bonchev–Trinajstić information content (AvgIpc) is 3.58. The van der Waals surface area contributed by atoms with Gasteiger partial charge in [-0.05, 0) is 47.5 Å². The maximum Gasteiger partial charge on any atom is 0.209 e. The van der Waals surface area contributed by atoms with Crippen LogP contribution in [-0.4, -0.2) is 44.5 Å². The van der Waals surface area contributed by atoms with Gasteiger partial charge in [-0.15, -0.1) is 4.68 Å². The molecule has 0 saturated carbocycles. The van der Waals surface area contributed by atoms with Crippen LogP contribution in [0.25, 0.3) is 56.0 Å². The third-order valence-electron chi connectivity index (χ3n) is 6.55. The fourth-order valence-corrected chi connectivity index (χ4v) is 5.01. The van der Waals surface area contributed by atoms with Crippen LogP contribution in [0.15, 0.2) is 60.9 Å². The Bertz CT molecular complexity index is 1960. The Kier molecular flexibility index (Phi) is 5.58. The summed E-state index contributed by atoms with van der Waals surface area (Å²) in [7, 11) is 0.557. The Morgan fingerprint density at radius 1 is 1.11 bits per heavy atom. The van der Waals surface area contributed by atoms with E-state index in [4.69, 9.17) is 0 Å². The van der Waals surface area contributed by atoms with Crippen molar-refractivity contribution in [1.82, 2.24) is 34.6 Å². The number of H-pyrrole nitrogens is 2. The van der Waals surface area contributed by atoms with Gasteiger partial charge in [0, 0.05) is 35.3 Å². The van der Waals surface area contributed by atoms with Gasteiger partial charge in [-0.2, -0.15) is 9.78 Å². The first kappa shape index (κ1) is 23.9. The van der Waals surface area contributed by atoms with Gasteiger partial charge in [-0.25, -0.2) is 27.5 Å². The van der Waals surface area contributed by atoms with Gasteiger partial charge >= 0.3 is 0 Å². The standard InChI is InChI=1S/C26H23FN8O2S/c1-34-9-7-22(35(34)2)16-4-5-21-20(13-16)24(33-32-21)26-30-23-19(6-8-28-25(23)31-26)17-10-15(11-18(27)12-17)14-29-38(3,36)37/h4-13,29H,14H2,1-3H3,(H,28,30,31,33)/p+1. The second kappa shape index (κ2) is 8.85. The SMILES string of the molecule is Cn1c(-c2ccc3[nH]nc(-c4nc5nccc(-c6cc(F)cc(CNS(C)(=O)=O)c6)c5[nH]4)c3c2)cc[n+]1C. The van der Waals surface area contributed by atoms with Crippen LogP contribution in [0.4, 0.5) is 4.39 Å². The number of halogens is 1. The summed E-state index contributed by atoms with van der Waals surface area (Å²) in [4.78, 5) is 12.4. The molecule has 4 heterocycles. The molecule has 0 atom stereocenters. The third kappa shape index (κ3) is 4.33. The number of aryl methyl sites for hydroxylation is 1. The smallest absolute Gasteiger partial charge is 0.209 e. The second-order valence-electron chi connectivity index (χ2n) is 9.21. The molecule has 3 N–H and O–H groups in total. The van der Waals surface area contributed by atoms with Gasteiger partial charge in [0.05, 0.1) is 24.3 Å². The van der Waals surface area contributed by atoms with Crippen LogP contribution in [-0.2, 0) is 30.7 Å². The third-order valence-corrected chi connectivity index (χ3v) is 7.22. The highest BCUT2D eigenvalue weighted by Crippen LogP contribution is 2.33. The lowest BCUT2D eigenvalue weighted by Crippen LogP contribution is -2.36. The maximum atomic E-state index is 14.5. The van der Waals surface area contributed by atoms with Crippen molar-refractivity contribution in [1.29, 1.82) is 0 Å². The predicted octanol–water partition coefficient (Wildman–Crippen LogP) is 3.19. The van der Waals surface area contributed by atoms with Crippen molar-refractivity contribution in [3.05, 3.63) is 72.3 Å². The highest BCUT2D eigenvalue weighted by molar-refractivity contribution is 7.88. The summed E-state index contributed by atoms with van der Waals surface area (Å²) in [6.07, 6.45) is 4.67. The Balaban J connectivity index is 1.44. The minimum absolute atomic E-state index is 0.0210. The number of rotatable bonds is 6. The summed E-state index contributed by atoms with van der Waals surface area (Å²) in [5, 5.41) is 8.48. The molecular formula is C26H24FN8O2S+. The molecular weight excluding hydrogens is 507 g/mol. The number of sulfonamides is 1. The summed E-state index contributed by atoms with van der Waals surface area (Å²) in [5.41, 5.74) is 6.43. The van der Waals surface area contributed by atoms with Crippen molar-refractivity contribution in [2.75, 3.05) is 6.26 Å². The van der Waals surface area contributed by atoms with E-state index in [2.05, 4.69) is 46.7 Å². The lowest BCUT2D eigenvalue weighted by molar-refractivity contribution is -0.750. The summed E-state index contributed by atoms with van der Waals surface area (Å²) < 4.78 is 44.0. The number of imidazole rings is 1. The minimum atomic E-state index is -3.42. The Labute approximate surface area is 217 Å². The molecule has 38 heavy (non-hydrogen) atoms. The van der Waals surface area contributed by atoms with Gasteiger partial charge in [-0.1, -0.05) is 6.07 Å². The zero-order valence-corrected chi connectivity index (χ0v) is 21.6. The Hall–Kier alpha value is -4.42. The summed E-state index contributed by atoms with van der Waals surface area (Å²) in [6, 6.07) is 14.4. The number of nitrogens with zero attached hydrogens (tertiary/aromatic N) is 5. The molecule has 0 aliphatic heterocycles. The van der Waals surface area contributed by atoms with Crippen molar-refractivity contribution in [3.8, 4) is 33.9 Å². The molecule has 4 aromatic heterocycles. The average molecular weight is 532 g/mol. The topological polar surface area (TPSA) is 125 Å². The first-order chi connectivity index (χ1) is 18.2. The molecule has 0 fully saturated rings. The van der Waals surface area contributed by atoms with Crippen LogP contribution in [0, 0.1) is 5.82 Å². The van der Waals surface area contributed by atoms with Crippen LogP contribution < -0.4 is 9.40 Å². The van der Waals surface area contributed by atoms with Crippen LogP contribution in [0.5, 0.6) is 0 Å². The lowest BCUT2D eigenvalue weighted by Gasteiger charge is -2.08. The normalized spacial score (nSPS) is 12.1. The lowest BCUT2D eigenvalue weighted by atomic mass is 10.0. The van der Waals surface area contributed by atoms with Crippen molar-refractivity contribution >= 4 is 32.1 Å². The number of benzene rings is 2. The van der Waals surface area contributed by atoms with Crippen molar-refractivity contribution < 1.29 is 17.5 Å². The van der Waals surface area contributed by atoms with Gasteiger partial charge in [0.2, 0.25) is 10.0 Å². The number of fused-ring (bicyclic) bond motifs is 2. The number of nitrogens with one attached hydrogen (secondary N) is 3. The summed E-state index contributed by atoms with van der Waals surface area (Å²) in [6.45, 7) is -0.0210.